The summed E-state index contributed by atoms with van der Waals surface area (Å²) >= 11 is 3.52. The van der Waals surface area contributed by atoms with Crippen LogP contribution in [-0.2, 0) is 6.42 Å². The van der Waals surface area contributed by atoms with Gasteiger partial charge < -0.3 is 10.2 Å². The first-order chi connectivity index (χ1) is 9.58. The van der Waals surface area contributed by atoms with Crippen molar-refractivity contribution in [1.29, 1.82) is 0 Å². The molecular weight excluding hydrogens is 312 g/mol. The van der Waals surface area contributed by atoms with E-state index in [1.54, 1.807) is 0 Å². The van der Waals surface area contributed by atoms with Gasteiger partial charge in [-0.2, -0.15) is 0 Å². The third-order valence-corrected chi connectivity index (χ3v) is 5.34. The normalized spacial score (nSPS) is 19.4. The average Bonchev–Trinajstić information content (AvgIpc) is 2.91. The first-order valence-corrected chi connectivity index (χ1v) is 8.53. The van der Waals surface area contributed by atoms with Crippen molar-refractivity contribution in [3.8, 4) is 0 Å². The lowest BCUT2D eigenvalue weighted by molar-refractivity contribution is 0.105. The second-order valence-corrected chi connectivity index (χ2v) is 7.06. The average molecular weight is 339 g/mol. The van der Waals surface area contributed by atoms with Gasteiger partial charge in [0.15, 0.2) is 0 Å². The largest absolute Gasteiger partial charge is 0.312 e. The summed E-state index contributed by atoms with van der Waals surface area (Å²) in [7, 11) is 4.49. The SMILES string of the molecule is CCNC(Cc1ccc(Br)cc1)C1(N(C)C)CCCC1. The van der Waals surface area contributed by atoms with Crippen LogP contribution in [0.1, 0.15) is 38.2 Å². The van der Waals surface area contributed by atoms with Crippen LogP contribution in [0.2, 0.25) is 0 Å². The molecule has 20 heavy (non-hydrogen) atoms. The Kier molecular flexibility index (Phi) is 5.65. The molecule has 0 bridgehead atoms. The Morgan fingerprint density at radius 3 is 2.30 bits per heavy atom. The topological polar surface area (TPSA) is 15.3 Å². The molecular formula is C17H27BrN2. The fourth-order valence-electron chi connectivity index (χ4n) is 3.65. The van der Waals surface area contributed by atoms with Gasteiger partial charge in [0.1, 0.15) is 0 Å². The van der Waals surface area contributed by atoms with Crippen LogP contribution in [0.5, 0.6) is 0 Å². The van der Waals surface area contributed by atoms with Crippen molar-refractivity contribution in [2.24, 2.45) is 0 Å². The van der Waals surface area contributed by atoms with E-state index in [0.717, 1.165) is 17.4 Å². The van der Waals surface area contributed by atoms with Crippen LogP contribution in [0.25, 0.3) is 0 Å². The molecule has 1 aromatic rings. The number of likely N-dealkylation sites (N-methyl/N-ethyl adjacent to an activating group) is 2. The summed E-state index contributed by atoms with van der Waals surface area (Å²) in [5.74, 6) is 0. The zero-order valence-corrected chi connectivity index (χ0v) is 14.5. The molecule has 0 saturated heterocycles. The third kappa shape index (κ3) is 3.44. The Morgan fingerprint density at radius 2 is 1.80 bits per heavy atom. The van der Waals surface area contributed by atoms with Crippen LogP contribution in [0, 0.1) is 0 Å². The fourth-order valence-corrected chi connectivity index (χ4v) is 3.91. The molecule has 2 nitrogen and oxygen atoms in total. The molecule has 1 N–H and O–H groups in total. The zero-order chi connectivity index (χ0) is 14.6. The van der Waals surface area contributed by atoms with Gasteiger partial charge in [-0.15, -0.1) is 0 Å². The number of halogens is 1. The lowest BCUT2D eigenvalue weighted by Gasteiger charge is -2.44. The Balaban J connectivity index is 2.19. The number of rotatable bonds is 6. The zero-order valence-electron chi connectivity index (χ0n) is 13.0. The van der Waals surface area contributed by atoms with Gasteiger partial charge in [-0.3, -0.25) is 0 Å². The molecule has 1 saturated carbocycles. The number of nitrogens with zero attached hydrogens (tertiary/aromatic N) is 1. The summed E-state index contributed by atoms with van der Waals surface area (Å²) in [5, 5.41) is 3.76. The summed E-state index contributed by atoms with van der Waals surface area (Å²) in [6.45, 7) is 3.25. The summed E-state index contributed by atoms with van der Waals surface area (Å²) in [5.41, 5.74) is 1.75. The molecule has 0 aliphatic heterocycles. The van der Waals surface area contributed by atoms with Crippen molar-refractivity contribution in [2.45, 2.75) is 50.6 Å². The van der Waals surface area contributed by atoms with E-state index < -0.39 is 0 Å². The van der Waals surface area contributed by atoms with Crippen molar-refractivity contribution in [3.63, 3.8) is 0 Å². The maximum absolute atomic E-state index is 3.76. The van der Waals surface area contributed by atoms with Crippen molar-refractivity contribution < 1.29 is 0 Å². The first kappa shape index (κ1) is 16.0. The van der Waals surface area contributed by atoms with Crippen LogP contribution in [0.3, 0.4) is 0 Å². The van der Waals surface area contributed by atoms with E-state index in [9.17, 15) is 0 Å². The molecule has 0 heterocycles. The van der Waals surface area contributed by atoms with E-state index in [2.05, 4.69) is 71.4 Å². The van der Waals surface area contributed by atoms with Crippen molar-refractivity contribution in [2.75, 3.05) is 20.6 Å². The third-order valence-electron chi connectivity index (χ3n) is 4.81. The molecule has 1 aliphatic carbocycles. The van der Waals surface area contributed by atoms with Gasteiger partial charge in [-0.05, 0) is 57.6 Å². The van der Waals surface area contributed by atoms with Crippen LogP contribution >= 0.6 is 15.9 Å². The Morgan fingerprint density at radius 1 is 1.20 bits per heavy atom. The standard InChI is InChI=1S/C17H27BrN2/c1-4-19-16(13-14-7-9-15(18)10-8-14)17(20(2)3)11-5-6-12-17/h7-10,16,19H,4-6,11-13H2,1-3H3. The molecule has 0 spiro atoms. The van der Waals surface area contributed by atoms with Crippen molar-refractivity contribution in [3.05, 3.63) is 34.3 Å². The number of nitrogens with one attached hydrogen (secondary N) is 1. The van der Waals surface area contributed by atoms with Gasteiger partial charge in [0.25, 0.3) is 0 Å². The summed E-state index contributed by atoms with van der Waals surface area (Å²) in [4.78, 5) is 2.46. The van der Waals surface area contributed by atoms with Gasteiger partial charge in [0.2, 0.25) is 0 Å². The molecule has 1 aromatic carbocycles. The second kappa shape index (κ2) is 7.06. The van der Waals surface area contributed by atoms with Crippen LogP contribution in [-0.4, -0.2) is 37.1 Å². The molecule has 112 valence electrons. The maximum atomic E-state index is 3.76. The Hall–Kier alpha value is -0.380. The second-order valence-electron chi connectivity index (χ2n) is 6.15. The minimum atomic E-state index is 0.323. The molecule has 0 radical (unpaired) electrons. The fraction of sp³-hybridized carbons (Fsp3) is 0.647. The first-order valence-electron chi connectivity index (χ1n) is 7.74. The van der Waals surface area contributed by atoms with E-state index in [1.807, 2.05) is 0 Å². The predicted octanol–water partition coefficient (Wildman–Crippen LogP) is 3.84. The molecule has 1 fully saturated rings. The summed E-state index contributed by atoms with van der Waals surface area (Å²) in [6.07, 6.45) is 6.46. The molecule has 0 amide bonds. The van der Waals surface area contributed by atoms with Crippen molar-refractivity contribution in [1.82, 2.24) is 10.2 Å². The molecule has 3 heteroatoms. The highest BCUT2D eigenvalue weighted by Crippen LogP contribution is 2.37. The molecule has 0 aromatic heterocycles. The van der Waals surface area contributed by atoms with Gasteiger partial charge in [-0.1, -0.05) is 47.8 Å². The van der Waals surface area contributed by atoms with Gasteiger partial charge >= 0.3 is 0 Å². The van der Waals surface area contributed by atoms with Crippen molar-refractivity contribution >= 4 is 15.9 Å². The van der Waals surface area contributed by atoms with E-state index >= 15 is 0 Å². The van der Waals surface area contributed by atoms with Gasteiger partial charge in [-0.25, -0.2) is 0 Å². The smallest absolute Gasteiger partial charge is 0.0359 e. The molecule has 2 rings (SSSR count). The summed E-state index contributed by atoms with van der Waals surface area (Å²) < 4.78 is 1.16. The highest BCUT2D eigenvalue weighted by Gasteiger charge is 2.42. The van der Waals surface area contributed by atoms with Gasteiger partial charge in [0, 0.05) is 16.1 Å². The predicted molar refractivity (Wildman–Crippen MR) is 90.2 cm³/mol. The van der Waals surface area contributed by atoms with Crippen LogP contribution in [0.15, 0.2) is 28.7 Å². The molecule has 1 atom stereocenters. The monoisotopic (exact) mass is 338 g/mol. The quantitative estimate of drug-likeness (QED) is 0.847. The molecule has 1 aliphatic rings. The van der Waals surface area contributed by atoms with Crippen LogP contribution in [0.4, 0.5) is 0 Å². The number of hydrogen-bond donors (Lipinski definition) is 1. The number of benzene rings is 1. The lowest BCUT2D eigenvalue weighted by atomic mass is 9.83. The lowest BCUT2D eigenvalue weighted by Crippen LogP contribution is -2.58. The van der Waals surface area contributed by atoms with E-state index in [4.69, 9.17) is 0 Å². The van der Waals surface area contributed by atoms with E-state index in [-0.39, 0.29) is 0 Å². The minimum absolute atomic E-state index is 0.323. The van der Waals surface area contributed by atoms with Crippen LogP contribution < -0.4 is 5.32 Å². The Bertz CT molecular complexity index is 408. The van der Waals surface area contributed by atoms with E-state index in [0.29, 0.717) is 11.6 Å². The molecule has 1 unspecified atom stereocenters. The van der Waals surface area contributed by atoms with E-state index in [1.165, 1.54) is 31.2 Å². The highest BCUT2D eigenvalue weighted by molar-refractivity contribution is 9.10. The minimum Gasteiger partial charge on any atom is -0.312 e. The summed E-state index contributed by atoms with van der Waals surface area (Å²) in [6, 6.07) is 9.32. The van der Waals surface area contributed by atoms with Gasteiger partial charge in [0.05, 0.1) is 0 Å². The Labute approximate surface area is 132 Å². The number of hydrogen-bond acceptors (Lipinski definition) is 2. The highest BCUT2D eigenvalue weighted by atomic mass is 79.9. The maximum Gasteiger partial charge on any atom is 0.0359 e.